The molecule has 10 nitrogen and oxygen atoms in total. The Morgan fingerprint density at radius 2 is 1.88 bits per heavy atom. The molecule has 212 valence electrons. The van der Waals surface area contributed by atoms with Crippen LogP contribution in [0.15, 0.2) is 58.7 Å². The largest absolute Gasteiger partial charge is 0.497 e. The molecule has 2 aromatic heterocycles. The van der Waals surface area contributed by atoms with Crippen LogP contribution in [0.25, 0.3) is 16.5 Å². The molecular formula is C30H30N4O6S. The Morgan fingerprint density at radius 3 is 2.56 bits per heavy atom. The number of anilines is 2. The van der Waals surface area contributed by atoms with Crippen molar-refractivity contribution in [2.75, 3.05) is 30.5 Å². The van der Waals surface area contributed by atoms with Crippen LogP contribution in [0.1, 0.15) is 49.2 Å². The number of carbonyl (C=O) groups excluding carboxylic acids is 3. The zero-order valence-corrected chi connectivity index (χ0v) is 24.0. The van der Waals surface area contributed by atoms with Crippen LogP contribution in [0.4, 0.5) is 10.7 Å². The van der Waals surface area contributed by atoms with Gasteiger partial charge >= 0.3 is 5.97 Å². The lowest BCUT2D eigenvalue weighted by Gasteiger charge is -2.17. The van der Waals surface area contributed by atoms with Gasteiger partial charge in [-0.3, -0.25) is 14.4 Å². The Labute approximate surface area is 240 Å². The average molecular weight is 575 g/mol. The van der Waals surface area contributed by atoms with Gasteiger partial charge in [0.05, 0.1) is 30.7 Å². The maximum atomic E-state index is 13.7. The number of methoxy groups -OCH3 is 1. The fourth-order valence-electron chi connectivity index (χ4n) is 4.79. The number of nitrogens with zero attached hydrogens (tertiary/aromatic N) is 3. The summed E-state index contributed by atoms with van der Waals surface area (Å²) in [5.41, 5.74) is 1.70. The van der Waals surface area contributed by atoms with Crippen molar-refractivity contribution in [2.45, 2.75) is 33.1 Å². The number of esters is 1. The molecule has 1 unspecified atom stereocenters. The number of hydrogen-bond donors (Lipinski definition) is 1. The van der Waals surface area contributed by atoms with Crippen LogP contribution in [0, 0.1) is 5.92 Å². The number of rotatable bonds is 8. The van der Waals surface area contributed by atoms with Crippen LogP contribution in [0.5, 0.6) is 5.75 Å². The highest BCUT2D eigenvalue weighted by molar-refractivity contribution is 7.16. The molecule has 4 aromatic rings. The second kappa shape index (κ2) is 11.5. The van der Waals surface area contributed by atoms with Gasteiger partial charge in [0.1, 0.15) is 10.8 Å². The number of thiophene rings is 1. The van der Waals surface area contributed by atoms with E-state index >= 15 is 0 Å². The first-order chi connectivity index (χ1) is 19.7. The molecule has 2 aromatic carbocycles. The van der Waals surface area contributed by atoms with E-state index in [0.717, 1.165) is 21.6 Å². The number of aromatic nitrogens is 2. The summed E-state index contributed by atoms with van der Waals surface area (Å²) in [4.78, 5) is 54.3. The van der Waals surface area contributed by atoms with E-state index in [1.165, 1.54) is 0 Å². The normalized spacial score (nSPS) is 15.0. The van der Waals surface area contributed by atoms with Crippen LogP contribution < -0.4 is 20.5 Å². The number of hydrogen-bond acceptors (Lipinski definition) is 8. The molecule has 1 aliphatic rings. The van der Waals surface area contributed by atoms with Crippen LogP contribution in [-0.2, 0) is 14.3 Å². The molecule has 3 heterocycles. The highest BCUT2D eigenvalue weighted by atomic mass is 32.1. The van der Waals surface area contributed by atoms with Crippen molar-refractivity contribution >= 4 is 50.6 Å². The number of amides is 2. The van der Waals surface area contributed by atoms with Gasteiger partial charge in [-0.15, -0.1) is 11.3 Å². The maximum absolute atomic E-state index is 13.7. The fraction of sp³-hybridized carbons (Fsp3) is 0.300. The highest BCUT2D eigenvalue weighted by Crippen LogP contribution is 2.33. The van der Waals surface area contributed by atoms with Gasteiger partial charge in [-0.1, -0.05) is 32.0 Å². The topological polar surface area (TPSA) is 120 Å². The molecule has 2 amide bonds. The lowest BCUT2D eigenvalue weighted by Crippen LogP contribution is -2.29. The first-order valence-corrected chi connectivity index (χ1v) is 14.2. The minimum atomic E-state index is -0.670. The molecule has 1 fully saturated rings. The van der Waals surface area contributed by atoms with Crippen LogP contribution in [0.2, 0.25) is 0 Å². The standard InChI is InChI=1S/C30H30N4O6S/c1-5-40-30(38)26-23-16-41-28(25(23)29(37)34(32-26)20-11-9-18(10-12-20)17(2)3)31-27(36)19-13-24(35)33(15-19)21-7-6-8-22(14-21)39-4/h6-12,14,16-17,19H,5,13,15H2,1-4H3,(H,31,36). The third kappa shape index (κ3) is 5.45. The highest BCUT2D eigenvalue weighted by Gasteiger charge is 2.36. The molecule has 0 radical (unpaired) electrons. The lowest BCUT2D eigenvalue weighted by molar-refractivity contribution is -0.122. The van der Waals surface area contributed by atoms with Gasteiger partial charge in [0.15, 0.2) is 5.69 Å². The number of ether oxygens (including phenoxy) is 2. The summed E-state index contributed by atoms with van der Waals surface area (Å²) >= 11 is 1.12. The summed E-state index contributed by atoms with van der Waals surface area (Å²) < 4.78 is 11.6. The summed E-state index contributed by atoms with van der Waals surface area (Å²) in [6.45, 7) is 6.14. The van der Waals surface area contributed by atoms with Crippen molar-refractivity contribution in [3.05, 3.63) is 75.5 Å². The number of carbonyl (C=O) groups is 3. The monoisotopic (exact) mass is 574 g/mol. The zero-order valence-electron chi connectivity index (χ0n) is 23.2. The van der Waals surface area contributed by atoms with Gasteiger partial charge in [-0.05, 0) is 42.7 Å². The zero-order chi connectivity index (χ0) is 29.3. The van der Waals surface area contributed by atoms with Gasteiger partial charge in [0.2, 0.25) is 11.8 Å². The summed E-state index contributed by atoms with van der Waals surface area (Å²) in [5, 5.41) is 9.55. The van der Waals surface area contributed by atoms with Crippen molar-refractivity contribution in [1.29, 1.82) is 0 Å². The van der Waals surface area contributed by atoms with Crippen LogP contribution >= 0.6 is 11.3 Å². The molecule has 0 saturated carbocycles. The van der Waals surface area contributed by atoms with Crippen molar-refractivity contribution in [3.63, 3.8) is 0 Å². The van der Waals surface area contributed by atoms with E-state index in [9.17, 15) is 19.2 Å². The van der Waals surface area contributed by atoms with E-state index < -0.39 is 23.4 Å². The Hall–Kier alpha value is -4.51. The van der Waals surface area contributed by atoms with Crippen molar-refractivity contribution in [2.24, 2.45) is 5.92 Å². The number of nitrogens with one attached hydrogen (secondary N) is 1. The van der Waals surface area contributed by atoms with Crippen molar-refractivity contribution in [3.8, 4) is 11.4 Å². The summed E-state index contributed by atoms with van der Waals surface area (Å²) in [5.74, 6) is -0.981. The van der Waals surface area contributed by atoms with Crippen molar-refractivity contribution in [1.82, 2.24) is 9.78 Å². The van der Waals surface area contributed by atoms with E-state index in [1.54, 1.807) is 60.7 Å². The van der Waals surface area contributed by atoms with E-state index in [4.69, 9.17) is 9.47 Å². The quantitative estimate of drug-likeness (QED) is 0.302. The third-order valence-corrected chi connectivity index (χ3v) is 7.92. The number of fused-ring (bicyclic) bond motifs is 1. The molecule has 1 atom stereocenters. The van der Waals surface area contributed by atoms with E-state index in [-0.39, 0.29) is 41.6 Å². The van der Waals surface area contributed by atoms with Crippen molar-refractivity contribution < 1.29 is 23.9 Å². The van der Waals surface area contributed by atoms with Crippen LogP contribution in [0.3, 0.4) is 0 Å². The molecule has 1 saturated heterocycles. The Morgan fingerprint density at radius 1 is 1.12 bits per heavy atom. The van der Waals surface area contributed by atoms with Gasteiger partial charge in [-0.25, -0.2) is 4.79 Å². The molecule has 5 rings (SSSR count). The van der Waals surface area contributed by atoms with Gasteiger partial charge in [0, 0.05) is 35.5 Å². The van der Waals surface area contributed by atoms with Gasteiger partial charge in [-0.2, -0.15) is 9.78 Å². The minimum Gasteiger partial charge on any atom is -0.497 e. The average Bonchev–Trinajstić information content (AvgIpc) is 3.57. The van der Waals surface area contributed by atoms with E-state index in [2.05, 4.69) is 24.3 Å². The van der Waals surface area contributed by atoms with E-state index in [0.29, 0.717) is 28.4 Å². The molecule has 41 heavy (non-hydrogen) atoms. The lowest BCUT2D eigenvalue weighted by atomic mass is 10.0. The maximum Gasteiger partial charge on any atom is 0.359 e. The smallest absolute Gasteiger partial charge is 0.359 e. The molecule has 0 bridgehead atoms. The summed E-state index contributed by atoms with van der Waals surface area (Å²) in [6.07, 6.45) is 0.0222. The number of benzene rings is 2. The van der Waals surface area contributed by atoms with E-state index in [1.807, 2.05) is 12.1 Å². The third-order valence-electron chi connectivity index (χ3n) is 7.02. The van der Waals surface area contributed by atoms with Crippen LogP contribution in [-0.4, -0.2) is 47.8 Å². The first-order valence-electron chi connectivity index (χ1n) is 13.3. The molecule has 0 aliphatic carbocycles. The predicted molar refractivity (Wildman–Crippen MR) is 157 cm³/mol. The second-order valence-electron chi connectivity index (χ2n) is 9.98. The first kappa shape index (κ1) is 28.0. The molecular weight excluding hydrogens is 544 g/mol. The SMILES string of the molecule is CCOC(=O)c1nn(-c2ccc(C(C)C)cc2)c(=O)c2c(NC(=O)C3CC(=O)N(c4cccc(OC)c4)C3)scc12. The molecule has 1 aliphatic heterocycles. The van der Waals surface area contributed by atoms with Gasteiger partial charge in [0.25, 0.3) is 5.56 Å². The molecule has 11 heteroatoms. The molecule has 0 spiro atoms. The van der Waals surface area contributed by atoms with Gasteiger partial charge < -0.3 is 19.7 Å². The Kier molecular flexibility index (Phi) is 7.89. The Balaban J connectivity index is 1.49. The molecule has 1 N–H and O–H groups in total. The summed E-state index contributed by atoms with van der Waals surface area (Å²) in [6, 6.07) is 14.4. The predicted octanol–water partition coefficient (Wildman–Crippen LogP) is 4.75. The second-order valence-corrected chi connectivity index (χ2v) is 10.9. The summed E-state index contributed by atoms with van der Waals surface area (Å²) in [7, 11) is 1.55. The Bertz CT molecular complexity index is 1690. The minimum absolute atomic E-state index is 0.0219. The fourth-order valence-corrected chi connectivity index (χ4v) is 5.73.